The summed E-state index contributed by atoms with van der Waals surface area (Å²) in [7, 11) is 2.95. The molecule has 2 aromatic rings. The van der Waals surface area contributed by atoms with Crippen molar-refractivity contribution in [1.29, 1.82) is 0 Å². The van der Waals surface area contributed by atoms with Crippen molar-refractivity contribution in [1.82, 2.24) is 19.6 Å². The third-order valence-electron chi connectivity index (χ3n) is 4.73. The van der Waals surface area contributed by atoms with E-state index in [-0.39, 0.29) is 75.5 Å². The maximum absolute atomic E-state index is 12.4. The first-order valence-corrected chi connectivity index (χ1v) is 11.7. The SMILES string of the molecule is CCOC(=O)c1cc(C(=O)OCCOC)nn1CCCn1nc(C(=O)OCCOC)cc1C(=O)OCC. The van der Waals surface area contributed by atoms with Gasteiger partial charge in [0, 0.05) is 39.4 Å². The van der Waals surface area contributed by atoms with E-state index >= 15 is 0 Å². The Hall–Kier alpha value is -3.78. The molecule has 0 aliphatic carbocycles. The molecule has 0 spiro atoms. The number of aromatic nitrogens is 4. The average Bonchev–Trinajstić information content (AvgIpc) is 3.50. The molecule has 0 aliphatic heterocycles. The second-order valence-electron chi connectivity index (χ2n) is 7.33. The molecular weight excluding hydrogens is 492 g/mol. The molecule has 0 aromatic carbocycles. The second kappa shape index (κ2) is 15.4. The number of hydrogen-bond donors (Lipinski definition) is 0. The second-order valence-corrected chi connectivity index (χ2v) is 7.33. The van der Waals surface area contributed by atoms with Gasteiger partial charge in [0.1, 0.15) is 24.6 Å². The first-order valence-electron chi connectivity index (χ1n) is 11.7. The van der Waals surface area contributed by atoms with Gasteiger partial charge < -0.3 is 28.4 Å². The number of aryl methyl sites for hydroxylation is 2. The Kier molecular flexibility index (Phi) is 12.2. The van der Waals surface area contributed by atoms with Crippen molar-refractivity contribution in [3.05, 3.63) is 34.9 Å². The normalized spacial score (nSPS) is 10.7. The quantitative estimate of drug-likeness (QED) is 0.175. The van der Waals surface area contributed by atoms with Crippen molar-refractivity contribution in [3.63, 3.8) is 0 Å². The van der Waals surface area contributed by atoms with Crippen LogP contribution in [-0.2, 0) is 41.5 Å². The summed E-state index contributed by atoms with van der Waals surface area (Å²) in [5, 5.41) is 8.36. The molecule has 2 aromatic heterocycles. The van der Waals surface area contributed by atoms with Crippen LogP contribution in [0.1, 0.15) is 62.2 Å². The molecule has 0 saturated heterocycles. The largest absolute Gasteiger partial charge is 0.461 e. The zero-order valence-corrected chi connectivity index (χ0v) is 21.4. The molecule has 2 heterocycles. The molecule has 2 rings (SSSR count). The van der Waals surface area contributed by atoms with Gasteiger partial charge in [0.05, 0.1) is 26.4 Å². The molecule has 204 valence electrons. The number of hydrogen-bond acceptors (Lipinski definition) is 12. The van der Waals surface area contributed by atoms with Crippen molar-refractivity contribution in [2.75, 3.05) is 53.9 Å². The van der Waals surface area contributed by atoms with Crippen LogP contribution in [0.5, 0.6) is 0 Å². The molecule has 0 unspecified atom stereocenters. The molecule has 0 amide bonds. The Morgan fingerprint density at radius 2 is 1.05 bits per heavy atom. The third kappa shape index (κ3) is 8.68. The minimum atomic E-state index is -0.713. The van der Waals surface area contributed by atoms with Crippen molar-refractivity contribution < 1.29 is 47.6 Å². The van der Waals surface area contributed by atoms with E-state index in [1.54, 1.807) is 13.8 Å². The lowest BCUT2D eigenvalue weighted by molar-refractivity contribution is 0.0374. The standard InChI is InChI=1S/C23H32N4O10/c1-5-34-22(30)18-14-16(20(28)36-12-10-32-3)24-26(18)8-7-9-27-19(23(31)35-6-2)15-17(25-27)21(29)37-13-11-33-4/h14-15H,5-13H2,1-4H3. The van der Waals surface area contributed by atoms with Crippen LogP contribution >= 0.6 is 0 Å². The van der Waals surface area contributed by atoms with Gasteiger partial charge >= 0.3 is 23.9 Å². The molecule has 0 N–H and O–H groups in total. The minimum absolute atomic E-state index is 0.0309. The van der Waals surface area contributed by atoms with Crippen LogP contribution in [0.3, 0.4) is 0 Å². The lowest BCUT2D eigenvalue weighted by Crippen LogP contribution is -2.17. The summed E-state index contributed by atoms with van der Waals surface area (Å²) in [6, 6.07) is 2.58. The van der Waals surface area contributed by atoms with E-state index in [0.29, 0.717) is 6.42 Å². The summed E-state index contributed by atoms with van der Waals surface area (Å²) in [6.07, 6.45) is 0.318. The van der Waals surface area contributed by atoms with Crippen LogP contribution < -0.4 is 0 Å². The number of ether oxygens (including phenoxy) is 6. The summed E-state index contributed by atoms with van der Waals surface area (Å²) < 4.78 is 32.6. The van der Waals surface area contributed by atoms with Gasteiger partial charge in [-0.3, -0.25) is 9.36 Å². The molecule has 14 heteroatoms. The molecule has 0 radical (unpaired) electrons. The highest BCUT2D eigenvalue weighted by Gasteiger charge is 2.23. The first kappa shape index (κ1) is 29.5. The van der Waals surface area contributed by atoms with Crippen molar-refractivity contribution in [2.24, 2.45) is 0 Å². The predicted molar refractivity (Wildman–Crippen MR) is 125 cm³/mol. The number of esters is 4. The Morgan fingerprint density at radius 3 is 1.41 bits per heavy atom. The molecule has 14 nitrogen and oxygen atoms in total. The van der Waals surface area contributed by atoms with Gasteiger partial charge in [-0.25, -0.2) is 19.2 Å². The fourth-order valence-corrected chi connectivity index (χ4v) is 3.07. The van der Waals surface area contributed by atoms with Crippen LogP contribution in [0.4, 0.5) is 0 Å². The lowest BCUT2D eigenvalue weighted by atomic mass is 10.3. The van der Waals surface area contributed by atoms with E-state index in [1.165, 1.54) is 35.7 Å². The summed E-state index contributed by atoms with van der Waals surface area (Å²) in [6.45, 7) is 4.40. The first-order chi connectivity index (χ1) is 17.9. The Morgan fingerprint density at radius 1 is 0.649 bits per heavy atom. The number of methoxy groups -OCH3 is 2. The molecule has 0 aliphatic rings. The number of rotatable bonds is 16. The predicted octanol–water partition coefficient (Wildman–Crippen LogP) is 1.13. The molecule has 0 saturated carbocycles. The Bertz CT molecular complexity index is 980. The molecule has 0 atom stereocenters. The zero-order valence-electron chi connectivity index (χ0n) is 21.4. The number of carbonyl (C=O) groups excluding carboxylic acids is 4. The minimum Gasteiger partial charge on any atom is -0.461 e. The van der Waals surface area contributed by atoms with Crippen LogP contribution in [0.15, 0.2) is 12.1 Å². The Balaban J connectivity index is 2.18. The maximum atomic E-state index is 12.4. The van der Waals surface area contributed by atoms with Gasteiger partial charge in [-0.1, -0.05) is 0 Å². The van der Waals surface area contributed by atoms with E-state index < -0.39 is 23.9 Å². The van der Waals surface area contributed by atoms with Crippen LogP contribution in [-0.4, -0.2) is 97.3 Å². The van der Waals surface area contributed by atoms with E-state index in [2.05, 4.69) is 10.2 Å². The van der Waals surface area contributed by atoms with Gasteiger partial charge in [0.15, 0.2) is 11.4 Å². The van der Waals surface area contributed by atoms with E-state index in [9.17, 15) is 19.2 Å². The van der Waals surface area contributed by atoms with Crippen LogP contribution in [0.25, 0.3) is 0 Å². The van der Waals surface area contributed by atoms with Crippen molar-refractivity contribution in [3.8, 4) is 0 Å². The average molecular weight is 525 g/mol. The zero-order chi connectivity index (χ0) is 27.2. The number of nitrogens with zero attached hydrogens (tertiary/aromatic N) is 4. The topological polar surface area (TPSA) is 159 Å². The molecule has 0 bridgehead atoms. The molecule has 0 fully saturated rings. The van der Waals surface area contributed by atoms with Gasteiger partial charge in [-0.05, 0) is 20.3 Å². The van der Waals surface area contributed by atoms with Gasteiger partial charge in [0.25, 0.3) is 0 Å². The van der Waals surface area contributed by atoms with Gasteiger partial charge in [0.2, 0.25) is 0 Å². The summed E-state index contributed by atoms with van der Waals surface area (Å²) in [4.78, 5) is 49.4. The van der Waals surface area contributed by atoms with Crippen LogP contribution in [0, 0.1) is 0 Å². The lowest BCUT2D eigenvalue weighted by Gasteiger charge is -2.09. The monoisotopic (exact) mass is 524 g/mol. The van der Waals surface area contributed by atoms with E-state index in [0.717, 1.165) is 0 Å². The molecule has 37 heavy (non-hydrogen) atoms. The highest BCUT2D eigenvalue weighted by molar-refractivity contribution is 5.94. The highest BCUT2D eigenvalue weighted by Crippen LogP contribution is 2.12. The summed E-state index contributed by atoms with van der Waals surface area (Å²) in [5.74, 6) is -2.74. The fourth-order valence-electron chi connectivity index (χ4n) is 3.07. The summed E-state index contributed by atoms with van der Waals surface area (Å²) >= 11 is 0. The smallest absolute Gasteiger partial charge is 0.358 e. The van der Waals surface area contributed by atoms with Crippen LogP contribution in [0.2, 0.25) is 0 Å². The maximum Gasteiger partial charge on any atom is 0.358 e. The van der Waals surface area contributed by atoms with Crippen molar-refractivity contribution >= 4 is 23.9 Å². The molecular formula is C23H32N4O10. The fraction of sp³-hybridized carbons (Fsp3) is 0.565. The number of carbonyl (C=O) groups is 4. The third-order valence-corrected chi connectivity index (χ3v) is 4.73. The van der Waals surface area contributed by atoms with E-state index in [1.807, 2.05) is 0 Å². The van der Waals surface area contributed by atoms with Gasteiger partial charge in [-0.2, -0.15) is 10.2 Å². The highest BCUT2D eigenvalue weighted by atomic mass is 16.6. The Labute approximate surface area is 213 Å². The van der Waals surface area contributed by atoms with Gasteiger partial charge in [-0.15, -0.1) is 0 Å². The summed E-state index contributed by atoms with van der Waals surface area (Å²) in [5.41, 5.74) is 0.00108. The van der Waals surface area contributed by atoms with Crippen molar-refractivity contribution in [2.45, 2.75) is 33.4 Å². The van der Waals surface area contributed by atoms with E-state index in [4.69, 9.17) is 28.4 Å².